The van der Waals surface area contributed by atoms with Gasteiger partial charge in [-0.25, -0.2) is 9.50 Å². The monoisotopic (exact) mass is 314 g/mol. The molecule has 1 saturated heterocycles. The van der Waals surface area contributed by atoms with Gasteiger partial charge in [0.2, 0.25) is 0 Å². The molecule has 0 spiro atoms. The minimum absolute atomic E-state index is 0.173. The molecule has 6 nitrogen and oxygen atoms in total. The Bertz CT molecular complexity index is 734. The van der Waals surface area contributed by atoms with Crippen LogP contribution in [0.2, 0.25) is 0 Å². The van der Waals surface area contributed by atoms with Crippen molar-refractivity contribution in [3.05, 3.63) is 29.7 Å². The van der Waals surface area contributed by atoms with Gasteiger partial charge in [-0.05, 0) is 12.5 Å². The van der Waals surface area contributed by atoms with Crippen molar-refractivity contribution in [2.45, 2.75) is 18.7 Å². The van der Waals surface area contributed by atoms with Gasteiger partial charge in [0, 0.05) is 19.5 Å². The topological polar surface area (TPSA) is 59.7 Å². The summed E-state index contributed by atoms with van der Waals surface area (Å²) in [6, 6.07) is 0. The fraction of sp³-hybridized carbons (Fsp3) is 0.462. The summed E-state index contributed by atoms with van der Waals surface area (Å²) in [6.45, 7) is 0.755. The molecule has 0 bridgehead atoms. The third kappa shape index (κ3) is 2.04. The Hall–Kier alpha value is -2.16. The Morgan fingerprint density at radius 1 is 1.36 bits per heavy atom. The number of alkyl halides is 3. The van der Waals surface area contributed by atoms with Gasteiger partial charge < -0.3 is 9.64 Å². The zero-order valence-corrected chi connectivity index (χ0v) is 11.9. The van der Waals surface area contributed by atoms with E-state index >= 15 is 0 Å². The lowest BCUT2D eigenvalue weighted by Crippen LogP contribution is -2.71. The van der Waals surface area contributed by atoms with Crippen LogP contribution < -0.4 is 0 Å². The number of carbonyl (C=O) groups excluding carboxylic acids is 1. The van der Waals surface area contributed by atoms with Crippen molar-refractivity contribution < 1.29 is 22.7 Å². The minimum Gasteiger partial charge on any atom is -0.365 e. The maximum atomic E-state index is 12.9. The molecule has 1 aliphatic rings. The molecule has 3 rings (SSSR count). The minimum atomic E-state index is -4.52. The molecule has 9 heteroatoms. The molecular formula is C13H13F3N4O2. The highest BCUT2D eigenvalue weighted by Crippen LogP contribution is 2.41. The zero-order chi connectivity index (χ0) is 16.1. The molecule has 0 radical (unpaired) electrons. The number of aryl methyl sites for hydroxylation is 1. The number of likely N-dealkylation sites (tertiary alicyclic amines) is 1. The first-order valence-corrected chi connectivity index (χ1v) is 6.48. The summed E-state index contributed by atoms with van der Waals surface area (Å²) in [5.41, 5.74) is -0.936. The van der Waals surface area contributed by atoms with Gasteiger partial charge in [-0.15, -0.1) is 0 Å². The number of carbonyl (C=O) groups is 1. The van der Waals surface area contributed by atoms with Crippen LogP contribution in [0.15, 0.2) is 18.6 Å². The number of nitrogens with zero attached hydrogens (tertiary/aromatic N) is 4. The first kappa shape index (κ1) is 14.8. The highest BCUT2D eigenvalue weighted by atomic mass is 19.4. The van der Waals surface area contributed by atoms with Gasteiger partial charge in [0.15, 0.2) is 11.2 Å². The maximum absolute atomic E-state index is 12.9. The first-order valence-electron chi connectivity index (χ1n) is 6.48. The van der Waals surface area contributed by atoms with E-state index in [1.807, 2.05) is 6.92 Å². The molecule has 0 unspecified atom stereocenters. The number of fused-ring (bicyclic) bond motifs is 1. The Labute approximate surface area is 123 Å². The van der Waals surface area contributed by atoms with Gasteiger partial charge in [-0.2, -0.15) is 18.3 Å². The summed E-state index contributed by atoms with van der Waals surface area (Å²) < 4.78 is 44.8. The molecule has 0 atom stereocenters. The molecule has 2 aromatic rings. The van der Waals surface area contributed by atoms with Gasteiger partial charge in [0.1, 0.15) is 5.56 Å². The Kier molecular flexibility index (Phi) is 3.13. The number of aromatic nitrogens is 3. The van der Waals surface area contributed by atoms with Gasteiger partial charge in [0.05, 0.1) is 19.3 Å². The lowest BCUT2D eigenvalue weighted by atomic mass is 9.92. The predicted octanol–water partition coefficient (Wildman–Crippen LogP) is 1.44. The van der Waals surface area contributed by atoms with Crippen molar-refractivity contribution >= 4 is 11.6 Å². The van der Waals surface area contributed by atoms with E-state index in [1.54, 1.807) is 12.4 Å². The molecule has 0 N–H and O–H groups in total. The number of halogens is 3. The van der Waals surface area contributed by atoms with Crippen molar-refractivity contribution in [1.29, 1.82) is 0 Å². The number of amides is 1. The molecule has 118 valence electrons. The second-order valence-electron chi connectivity index (χ2n) is 5.32. The van der Waals surface area contributed by atoms with Crippen LogP contribution in [0.1, 0.15) is 15.9 Å². The highest BCUT2D eigenvalue weighted by molar-refractivity contribution is 6.00. The van der Waals surface area contributed by atoms with Crippen LogP contribution in [0.5, 0.6) is 0 Å². The highest BCUT2D eigenvalue weighted by Gasteiger charge is 2.63. The predicted molar refractivity (Wildman–Crippen MR) is 69.4 cm³/mol. The number of hydrogen-bond acceptors (Lipinski definition) is 4. The van der Waals surface area contributed by atoms with Crippen molar-refractivity contribution in [2.24, 2.45) is 0 Å². The SMILES string of the molecule is COC1(C(F)(F)F)CN(C(=O)c2cnn3cc(C)cnc23)C1. The second-order valence-corrected chi connectivity index (χ2v) is 5.32. The van der Waals surface area contributed by atoms with Crippen LogP contribution in [0, 0.1) is 6.92 Å². The van der Waals surface area contributed by atoms with Crippen LogP contribution in [0.3, 0.4) is 0 Å². The average Bonchev–Trinajstić information content (AvgIpc) is 2.78. The van der Waals surface area contributed by atoms with E-state index in [9.17, 15) is 18.0 Å². The molecule has 1 aliphatic heterocycles. The molecule has 0 aliphatic carbocycles. The normalized spacial score (nSPS) is 17.6. The average molecular weight is 314 g/mol. The third-order valence-corrected chi connectivity index (χ3v) is 3.80. The zero-order valence-electron chi connectivity index (χ0n) is 11.9. The molecule has 0 aromatic carbocycles. The van der Waals surface area contributed by atoms with E-state index in [0.717, 1.165) is 17.6 Å². The van der Waals surface area contributed by atoms with E-state index in [1.165, 1.54) is 10.7 Å². The molecule has 1 amide bonds. The summed E-state index contributed by atoms with van der Waals surface area (Å²) in [4.78, 5) is 17.5. The van der Waals surface area contributed by atoms with E-state index < -0.39 is 30.8 Å². The van der Waals surface area contributed by atoms with Crippen molar-refractivity contribution in [3.8, 4) is 0 Å². The first-order chi connectivity index (χ1) is 10.3. The van der Waals surface area contributed by atoms with Crippen molar-refractivity contribution in [2.75, 3.05) is 20.2 Å². The molecule has 3 heterocycles. The summed E-state index contributed by atoms with van der Waals surface area (Å²) in [5.74, 6) is -0.539. The molecule has 1 fully saturated rings. The summed E-state index contributed by atoms with van der Waals surface area (Å²) in [5, 5.41) is 4.00. The lowest BCUT2D eigenvalue weighted by molar-refractivity contribution is -0.303. The number of methoxy groups -OCH3 is 1. The van der Waals surface area contributed by atoms with Gasteiger partial charge in [0.25, 0.3) is 5.91 Å². The van der Waals surface area contributed by atoms with Crippen molar-refractivity contribution in [1.82, 2.24) is 19.5 Å². The molecule has 2 aromatic heterocycles. The number of ether oxygens (including phenoxy) is 1. The number of rotatable bonds is 2. The summed E-state index contributed by atoms with van der Waals surface area (Å²) >= 11 is 0. The molecule has 22 heavy (non-hydrogen) atoms. The van der Waals surface area contributed by atoms with E-state index in [0.29, 0.717) is 5.65 Å². The van der Waals surface area contributed by atoms with Gasteiger partial charge in [-0.3, -0.25) is 4.79 Å². The standard InChI is InChI=1S/C13H13F3N4O2/c1-8-3-17-10-9(4-18-20(10)5-8)11(21)19-6-12(7-19,22-2)13(14,15)16/h3-5H,6-7H2,1-2H3. The van der Waals surface area contributed by atoms with Crippen LogP contribution in [-0.4, -0.2) is 57.4 Å². The Morgan fingerprint density at radius 3 is 2.64 bits per heavy atom. The summed E-state index contributed by atoms with van der Waals surface area (Å²) in [7, 11) is 0.995. The largest absolute Gasteiger partial charge is 0.420 e. The Morgan fingerprint density at radius 2 is 2.05 bits per heavy atom. The van der Waals surface area contributed by atoms with E-state index in [4.69, 9.17) is 0 Å². The second kappa shape index (κ2) is 4.67. The van der Waals surface area contributed by atoms with Crippen LogP contribution in [0.4, 0.5) is 13.2 Å². The van der Waals surface area contributed by atoms with Gasteiger partial charge in [-0.1, -0.05) is 0 Å². The van der Waals surface area contributed by atoms with E-state index in [-0.39, 0.29) is 5.56 Å². The van der Waals surface area contributed by atoms with Crippen LogP contribution in [0.25, 0.3) is 5.65 Å². The Balaban J connectivity index is 1.84. The lowest BCUT2D eigenvalue weighted by Gasteiger charge is -2.49. The quantitative estimate of drug-likeness (QED) is 0.841. The summed E-state index contributed by atoms with van der Waals surface area (Å²) in [6.07, 6.45) is 0.0446. The van der Waals surface area contributed by atoms with E-state index in [2.05, 4.69) is 14.8 Å². The van der Waals surface area contributed by atoms with Crippen molar-refractivity contribution in [3.63, 3.8) is 0 Å². The third-order valence-electron chi connectivity index (χ3n) is 3.80. The smallest absolute Gasteiger partial charge is 0.365 e. The van der Waals surface area contributed by atoms with Gasteiger partial charge >= 0.3 is 6.18 Å². The number of hydrogen-bond donors (Lipinski definition) is 0. The fourth-order valence-electron chi connectivity index (χ4n) is 2.43. The van der Waals surface area contributed by atoms with Crippen LogP contribution >= 0.6 is 0 Å². The fourth-order valence-corrected chi connectivity index (χ4v) is 2.43. The van der Waals surface area contributed by atoms with Crippen LogP contribution in [-0.2, 0) is 4.74 Å². The molecular weight excluding hydrogens is 301 g/mol. The maximum Gasteiger partial charge on any atom is 0.420 e. The molecule has 0 saturated carbocycles.